The van der Waals surface area contributed by atoms with Crippen LogP contribution in [0.25, 0.3) is 0 Å². The predicted molar refractivity (Wildman–Crippen MR) is 34.5 cm³/mol. The highest BCUT2D eigenvalue weighted by molar-refractivity contribution is 7.79. The fraction of sp³-hybridized carbons (Fsp3) is 1.00. The van der Waals surface area contributed by atoms with Crippen molar-refractivity contribution in [3.05, 3.63) is 0 Å². The second-order valence-corrected chi connectivity index (χ2v) is 2.16. The molecule has 0 spiro atoms. The molecular formula is CH8O9S2-2. The van der Waals surface area contributed by atoms with Crippen molar-refractivity contribution in [1.29, 1.82) is 0 Å². The fourth-order valence-electron chi connectivity index (χ4n) is 0. The average Bonchev–Trinajstić information content (AvgIpc) is 1.61. The summed E-state index contributed by atoms with van der Waals surface area (Å²) >= 11 is -2.88. The first-order valence-electron chi connectivity index (χ1n) is 1.37. The van der Waals surface area contributed by atoms with E-state index in [-0.39, 0.29) is 12.9 Å². The van der Waals surface area contributed by atoms with E-state index in [1.807, 2.05) is 0 Å². The summed E-state index contributed by atoms with van der Waals surface area (Å²) in [6.45, 7) is 0. The standard InChI is InChI=1S/CH4.2H2O4S.H2O/c;1-5(2,3)4;1-4-5(2)3;/h1H4;(H2,1,2,3,4);1H,(H,2,3);1H2/p-2. The second-order valence-electron chi connectivity index (χ2n) is 0.720. The molecule has 11 heteroatoms. The monoisotopic (exact) mass is 228 g/mol. The highest BCUT2D eigenvalue weighted by Gasteiger charge is 1.84. The van der Waals surface area contributed by atoms with Crippen molar-refractivity contribution in [3.8, 4) is 0 Å². The SMILES string of the molecule is C.O.O=S(=O)(O)O.O=S([O-])O[O-]. The molecule has 0 radical (unpaired) electrons. The molecule has 0 aromatic carbocycles. The first kappa shape index (κ1) is 22.6. The molecule has 0 aromatic heterocycles. The topological polar surface area (TPSA) is 179 Å². The molecule has 0 aliphatic rings. The van der Waals surface area contributed by atoms with E-state index in [0.29, 0.717) is 0 Å². The van der Waals surface area contributed by atoms with Crippen LogP contribution in [0.3, 0.4) is 0 Å². The number of rotatable bonds is 1. The van der Waals surface area contributed by atoms with Crippen LogP contribution in [0.5, 0.6) is 0 Å². The van der Waals surface area contributed by atoms with Gasteiger partial charge in [-0.3, -0.25) is 9.11 Å². The Morgan fingerprint density at radius 3 is 1.42 bits per heavy atom. The lowest BCUT2D eigenvalue weighted by Crippen LogP contribution is -2.06. The van der Waals surface area contributed by atoms with E-state index in [0.717, 1.165) is 0 Å². The molecule has 12 heavy (non-hydrogen) atoms. The lowest BCUT2D eigenvalue weighted by atomic mass is 12.0. The Labute approximate surface area is 71.3 Å². The molecule has 0 bridgehead atoms. The highest BCUT2D eigenvalue weighted by atomic mass is 32.3. The molecule has 0 fully saturated rings. The highest BCUT2D eigenvalue weighted by Crippen LogP contribution is 1.59. The van der Waals surface area contributed by atoms with Gasteiger partial charge in [0.15, 0.2) is 0 Å². The summed E-state index contributed by atoms with van der Waals surface area (Å²) in [6.07, 6.45) is 0. The Bertz CT molecular complexity index is 171. The maximum Gasteiger partial charge on any atom is 0.394 e. The van der Waals surface area contributed by atoms with Crippen LogP contribution < -0.4 is 5.26 Å². The van der Waals surface area contributed by atoms with Gasteiger partial charge in [0.25, 0.3) is 0 Å². The van der Waals surface area contributed by atoms with Crippen LogP contribution in [0.2, 0.25) is 0 Å². The Hall–Kier alpha value is -0.140. The van der Waals surface area contributed by atoms with Gasteiger partial charge in [-0.15, -0.1) is 0 Å². The Morgan fingerprint density at radius 1 is 1.33 bits per heavy atom. The van der Waals surface area contributed by atoms with Crippen LogP contribution in [0.4, 0.5) is 0 Å². The maximum absolute atomic E-state index is 8.83. The molecule has 0 saturated heterocycles. The van der Waals surface area contributed by atoms with Gasteiger partial charge in [-0.2, -0.15) is 8.42 Å². The van der Waals surface area contributed by atoms with Crippen molar-refractivity contribution >= 4 is 21.8 Å². The predicted octanol–water partition coefficient (Wildman–Crippen LogP) is -2.77. The number of hydrogen-bond donors (Lipinski definition) is 2. The molecule has 0 saturated carbocycles. The number of hydrogen-bond acceptors (Lipinski definition) is 6. The van der Waals surface area contributed by atoms with Gasteiger partial charge >= 0.3 is 10.4 Å². The first-order chi connectivity index (χ1) is 4.27. The van der Waals surface area contributed by atoms with Gasteiger partial charge in [-0.05, 0) is 0 Å². The van der Waals surface area contributed by atoms with Gasteiger partial charge < -0.3 is 19.6 Å². The summed E-state index contributed by atoms with van der Waals surface area (Å²) in [5.74, 6) is 0. The van der Waals surface area contributed by atoms with Crippen LogP contribution in [-0.4, -0.2) is 31.8 Å². The van der Waals surface area contributed by atoms with Gasteiger partial charge in [-0.25, -0.2) is 4.21 Å². The Balaban J connectivity index is -0.0000000457. The van der Waals surface area contributed by atoms with Crippen molar-refractivity contribution in [2.45, 2.75) is 7.43 Å². The molecule has 4 N–H and O–H groups in total. The van der Waals surface area contributed by atoms with Gasteiger partial charge in [0.05, 0.1) is 11.4 Å². The van der Waals surface area contributed by atoms with E-state index >= 15 is 0 Å². The van der Waals surface area contributed by atoms with E-state index < -0.39 is 21.8 Å². The van der Waals surface area contributed by atoms with Gasteiger partial charge in [0.1, 0.15) is 0 Å². The van der Waals surface area contributed by atoms with E-state index in [1.54, 1.807) is 0 Å². The molecule has 9 nitrogen and oxygen atoms in total. The zero-order valence-corrected chi connectivity index (χ0v) is 6.29. The minimum atomic E-state index is -4.67. The Morgan fingerprint density at radius 2 is 1.42 bits per heavy atom. The van der Waals surface area contributed by atoms with Gasteiger partial charge in [-0.1, -0.05) is 7.43 Å². The first-order valence-corrected chi connectivity index (χ1v) is 3.76. The molecule has 1 atom stereocenters. The zero-order chi connectivity index (χ0) is 8.78. The van der Waals surface area contributed by atoms with Crippen molar-refractivity contribution in [3.63, 3.8) is 0 Å². The van der Waals surface area contributed by atoms with Crippen molar-refractivity contribution in [2.24, 2.45) is 0 Å². The Kier molecular flexibility index (Phi) is 20.5. The van der Waals surface area contributed by atoms with Crippen molar-refractivity contribution in [2.75, 3.05) is 0 Å². The molecule has 0 aliphatic heterocycles. The van der Waals surface area contributed by atoms with E-state index in [2.05, 4.69) is 4.33 Å². The second kappa shape index (κ2) is 10.9. The fourth-order valence-corrected chi connectivity index (χ4v) is 0. The largest absolute Gasteiger partial charge is 0.750 e. The molecule has 0 rings (SSSR count). The molecule has 0 aromatic rings. The normalized spacial score (nSPS) is 11.0. The summed E-state index contributed by atoms with van der Waals surface area (Å²) in [5.41, 5.74) is 0. The average molecular weight is 228 g/mol. The van der Waals surface area contributed by atoms with Crippen LogP contribution in [0.1, 0.15) is 7.43 Å². The van der Waals surface area contributed by atoms with Gasteiger partial charge in [0.2, 0.25) is 0 Å². The minimum Gasteiger partial charge on any atom is -0.750 e. The summed E-state index contributed by atoms with van der Waals surface area (Å²) in [6, 6.07) is 0. The van der Waals surface area contributed by atoms with Crippen molar-refractivity contribution < 1.29 is 41.4 Å². The summed E-state index contributed by atoms with van der Waals surface area (Å²) < 4.78 is 51.7. The quantitative estimate of drug-likeness (QED) is 0.209. The van der Waals surface area contributed by atoms with Crippen LogP contribution >= 0.6 is 0 Å². The third-order valence-corrected chi connectivity index (χ3v) is 0.167. The van der Waals surface area contributed by atoms with Crippen LogP contribution in [-0.2, 0) is 26.1 Å². The minimum absolute atomic E-state index is 0. The lowest BCUT2D eigenvalue weighted by molar-refractivity contribution is -0.635. The van der Waals surface area contributed by atoms with Crippen LogP contribution in [0.15, 0.2) is 0 Å². The van der Waals surface area contributed by atoms with Gasteiger partial charge in [0, 0.05) is 0 Å². The summed E-state index contributed by atoms with van der Waals surface area (Å²) in [4.78, 5) is 0. The third kappa shape index (κ3) is 224. The molecule has 0 amide bonds. The van der Waals surface area contributed by atoms with Crippen molar-refractivity contribution in [1.82, 2.24) is 0 Å². The summed E-state index contributed by atoms with van der Waals surface area (Å²) in [5, 5.41) is 8.52. The molecule has 0 aliphatic carbocycles. The molecule has 1 unspecified atom stereocenters. The lowest BCUT2D eigenvalue weighted by Gasteiger charge is -2.05. The van der Waals surface area contributed by atoms with Crippen LogP contribution in [0, 0.1) is 0 Å². The molecule has 80 valence electrons. The molecule has 0 heterocycles. The third-order valence-electron chi connectivity index (χ3n) is 0.0556. The summed E-state index contributed by atoms with van der Waals surface area (Å²) in [7, 11) is -4.67. The van der Waals surface area contributed by atoms with E-state index in [1.165, 1.54) is 0 Å². The zero-order valence-electron chi connectivity index (χ0n) is 4.66. The smallest absolute Gasteiger partial charge is 0.394 e. The maximum atomic E-state index is 8.83. The molecular weight excluding hydrogens is 220 g/mol. The van der Waals surface area contributed by atoms with E-state index in [9.17, 15) is 0 Å². The van der Waals surface area contributed by atoms with E-state index in [4.69, 9.17) is 31.5 Å².